The molecule has 26 heavy (non-hydrogen) atoms. The van der Waals surface area contributed by atoms with Gasteiger partial charge in [-0.05, 0) is 37.3 Å². The average molecular weight is 394 g/mol. The topological polar surface area (TPSA) is 94.6 Å². The summed E-state index contributed by atoms with van der Waals surface area (Å²) < 4.78 is 9.65. The highest BCUT2D eigenvalue weighted by atomic mass is 32.1. The molecule has 7 nitrogen and oxygen atoms in total. The van der Waals surface area contributed by atoms with Crippen molar-refractivity contribution in [2.45, 2.75) is 32.1 Å². The number of rotatable bonds is 6. The molecule has 2 heterocycles. The molecule has 0 unspecified atom stereocenters. The number of thiazole rings is 1. The van der Waals surface area contributed by atoms with Crippen LogP contribution in [0.4, 0.5) is 5.13 Å². The van der Waals surface area contributed by atoms with Gasteiger partial charge < -0.3 is 9.47 Å². The van der Waals surface area contributed by atoms with Gasteiger partial charge in [-0.15, -0.1) is 22.7 Å². The molecule has 3 rings (SSSR count). The van der Waals surface area contributed by atoms with Crippen molar-refractivity contribution < 1.29 is 23.9 Å². The SMILES string of the molecule is COC(=O)Cc1csc(NC(=O)COC(=O)c2cc3c(s2)CCCC3)n1. The van der Waals surface area contributed by atoms with Gasteiger partial charge in [0.25, 0.3) is 5.91 Å². The van der Waals surface area contributed by atoms with Gasteiger partial charge in [0.05, 0.1) is 19.2 Å². The summed E-state index contributed by atoms with van der Waals surface area (Å²) in [5, 5.41) is 4.56. The van der Waals surface area contributed by atoms with Crippen LogP contribution in [0.25, 0.3) is 0 Å². The molecule has 0 saturated carbocycles. The van der Waals surface area contributed by atoms with Gasteiger partial charge in [0, 0.05) is 10.3 Å². The molecule has 9 heteroatoms. The minimum atomic E-state index is -0.481. The van der Waals surface area contributed by atoms with E-state index in [0.29, 0.717) is 15.7 Å². The second kappa shape index (κ2) is 8.41. The molecule has 0 bridgehead atoms. The standard InChI is InChI=1S/C17H18N2O5S2/c1-23-15(21)7-11-9-25-17(18-11)19-14(20)8-24-16(22)13-6-10-4-2-3-5-12(10)26-13/h6,9H,2-5,7-8H2,1H3,(H,18,19,20). The van der Waals surface area contributed by atoms with E-state index >= 15 is 0 Å². The van der Waals surface area contributed by atoms with Gasteiger partial charge in [0.1, 0.15) is 4.88 Å². The molecule has 1 aliphatic rings. The number of fused-ring (bicyclic) bond motifs is 1. The molecule has 0 aliphatic heterocycles. The number of nitrogens with one attached hydrogen (secondary N) is 1. The van der Waals surface area contributed by atoms with Crippen LogP contribution in [0.1, 0.15) is 38.6 Å². The number of amides is 1. The molecule has 1 amide bonds. The van der Waals surface area contributed by atoms with Crippen molar-refractivity contribution in [1.82, 2.24) is 4.98 Å². The number of aromatic nitrogens is 1. The number of anilines is 1. The highest BCUT2D eigenvalue weighted by molar-refractivity contribution is 7.14. The van der Waals surface area contributed by atoms with Crippen LogP contribution in [0.15, 0.2) is 11.4 Å². The quantitative estimate of drug-likeness (QED) is 0.757. The summed E-state index contributed by atoms with van der Waals surface area (Å²) in [6.07, 6.45) is 4.34. The highest BCUT2D eigenvalue weighted by Crippen LogP contribution is 2.30. The molecule has 0 spiro atoms. The van der Waals surface area contributed by atoms with Crippen molar-refractivity contribution in [3.8, 4) is 0 Å². The van der Waals surface area contributed by atoms with Gasteiger partial charge in [-0.25, -0.2) is 9.78 Å². The van der Waals surface area contributed by atoms with Crippen LogP contribution in [0.2, 0.25) is 0 Å². The molecule has 0 radical (unpaired) electrons. The smallest absolute Gasteiger partial charge is 0.348 e. The average Bonchev–Trinajstić information content (AvgIpc) is 3.26. The number of aryl methyl sites for hydroxylation is 2. The highest BCUT2D eigenvalue weighted by Gasteiger charge is 2.19. The van der Waals surface area contributed by atoms with Crippen molar-refractivity contribution in [2.75, 3.05) is 19.0 Å². The third kappa shape index (κ3) is 4.67. The van der Waals surface area contributed by atoms with Crippen LogP contribution < -0.4 is 5.32 Å². The molecular formula is C17H18N2O5S2. The van der Waals surface area contributed by atoms with Gasteiger partial charge in [-0.2, -0.15) is 0 Å². The van der Waals surface area contributed by atoms with E-state index in [1.165, 1.54) is 40.2 Å². The second-order valence-electron chi connectivity index (χ2n) is 5.79. The van der Waals surface area contributed by atoms with Crippen molar-refractivity contribution >= 4 is 45.7 Å². The minimum absolute atomic E-state index is 0.0426. The van der Waals surface area contributed by atoms with Crippen LogP contribution in [-0.4, -0.2) is 36.5 Å². The van der Waals surface area contributed by atoms with Gasteiger partial charge in [0.2, 0.25) is 0 Å². The maximum Gasteiger partial charge on any atom is 0.348 e. The molecule has 0 saturated heterocycles. The number of hydrogen-bond acceptors (Lipinski definition) is 8. The van der Waals surface area contributed by atoms with Gasteiger partial charge in [0.15, 0.2) is 11.7 Å². The summed E-state index contributed by atoms with van der Waals surface area (Å²) in [7, 11) is 1.30. The molecule has 1 aliphatic carbocycles. The zero-order chi connectivity index (χ0) is 18.5. The Kier molecular flexibility index (Phi) is 6.00. The Morgan fingerprint density at radius 2 is 2.08 bits per heavy atom. The first-order valence-corrected chi connectivity index (χ1v) is 9.84. The second-order valence-corrected chi connectivity index (χ2v) is 7.78. The number of carbonyl (C=O) groups is 3. The Morgan fingerprint density at radius 1 is 1.27 bits per heavy atom. The fraction of sp³-hybridized carbons (Fsp3) is 0.412. The third-order valence-corrected chi connectivity index (χ3v) is 5.91. The molecule has 0 aromatic carbocycles. The van der Waals surface area contributed by atoms with Gasteiger partial charge in [-0.3, -0.25) is 14.9 Å². The van der Waals surface area contributed by atoms with Crippen molar-refractivity contribution in [1.29, 1.82) is 0 Å². The number of hydrogen-bond donors (Lipinski definition) is 1. The summed E-state index contributed by atoms with van der Waals surface area (Å²) in [6, 6.07) is 1.87. The van der Waals surface area contributed by atoms with Crippen LogP contribution in [0.5, 0.6) is 0 Å². The third-order valence-electron chi connectivity index (χ3n) is 3.88. The monoisotopic (exact) mass is 394 g/mol. The summed E-state index contributed by atoms with van der Waals surface area (Å²) in [6.45, 7) is -0.382. The first-order valence-electron chi connectivity index (χ1n) is 8.15. The zero-order valence-corrected chi connectivity index (χ0v) is 15.8. The molecule has 1 N–H and O–H groups in total. The van der Waals surface area contributed by atoms with Crippen molar-refractivity contribution in [2.24, 2.45) is 0 Å². The van der Waals surface area contributed by atoms with Crippen LogP contribution in [0.3, 0.4) is 0 Å². The predicted molar refractivity (Wildman–Crippen MR) is 97.7 cm³/mol. The van der Waals surface area contributed by atoms with E-state index in [2.05, 4.69) is 15.0 Å². The Labute approximate surface area is 158 Å². The Morgan fingerprint density at radius 3 is 2.85 bits per heavy atom. The van der Waals surface area contributed by atoms with Crippen molar-refractivity contribution in [3.05, 3.63) is 32.5 Å². The number of nitrogens with zero attached hydrogens (tertiary/aromatic N) is 1. The fourth-order valence-electron chi connectivity index (χ4n) is 2.61. The van der Waals surface area contributed by atoms with Crippen LogP contribution >= 0.6 is 22.7 Å². The molecule has 138 valence electrons. The molecule has 0 fully saturated rings. The molecule has 0 atom stereocenters. The predicted octanol–water partition coefficient (Wildman–Crippen LogP) is 2.59. The first-order chi connectivity index (χ1) is 12.5. The van der Waals surface area contributed by atoms with E-state index in [0.717, 1.165) is 25.7 Å². The Balaban J connectivity index is 1.48. The van der Waals surface area contributed by atoms with E-state index in [4.69, 9.17) is 4.74 Å². The minimum Gasteiger partial charge on any atom is -0.469 e. The summed E-state index contributed by atoms with van der Waals surface area (Å²) in [5.41, 5.74) is 1.73. The lowest BCUT2D eigenvalue weighted by atomic mass is 9.99. The molecule has 2 aromatic rings. The molecule has 2 aromatic heterocycles. The lowest BCUT2D eigenvalue weighted by Crippen LogP contribution is -2.20. The van der Waals surface area contributed by atoms with Crippen molar-refractivity contribution in [3.63, 3.8) is 0 Å². The number of ether oxygens (including phenoxy) is 2. The summed E-state index contributed by atoms with van der Waals surface area (Å²) in [5.74, 6) is -1.36. The lowest BCUT2D eigenvalue weighted by Gasteiger charge is -2.08. The number of methoxy groups -OCH3 is 1. The normalized spacial score (nSPS) is 13.0. The first kappa shape index (κ1) is 18.5. The Bertz CT molecular complexity index is 803. The number of esters is 2. The van der Waals surface area contributed by atoms with E-state index in [9.17, 15) is 14.4 Å². The van der Waals surface area contributed by atoms with E-state index < -0.39 is 17.8 Å². The lowest BCUT2D eigenvalue weighted by molar-refractivity contribution is -0.139. The maximum absolute atomic E-state index is 12.1. The number of carbonyl (C=O) groups excluding carboxylic acids is 3. The van der Waals surface area contributed by atoms with Gasteiger partial charge in [-0.1, -0.05) is 0 Å². The van der Waals surface area contributed by atoms with E-state index in [1.807, 2.05) is 6.07 Å². The van der Waals surface area contributed by atoms with Crippen LogP contribution in [-0.2, 0) is 38.3 Å². The van der Waals surface area contributed by atoms with Crippen LogP contribution in [0, 0.1) is 0 Å². The van der Waals surface area contributed by atoms with Gasteiger partial charge >= 0.3 is 11.9 Å². The summed E-state index contributed by atoms with van der Waals surface area (Å²) >= 11 is 2.64. The Hall–Kier alpha value is -2.26. The number of thiophene rings is 1. The van der Waals surface area contributed by atoms with E-state index in [1.54, 1.807) is 5.38 Å². The summed E-state index contributed by atoms with van der Waals surface area (Å²) in [4.78, 5) is 41.1. The fourth-order valence-corrected chi connectivity index (χ4v) is 4.49. The van der Waals surface area contributed by atoms with E-state index in [-0.39, 0.29) is 13.0 Å². The molecular weight excluding hydrogens is 376 g/mol. The maximum atomic E-state index is 12.1. The largest absolute Gasteiger partial charge is 0.469 e. The zero-order valence-electron chi connectivity index (χ0n) is 14.2.